The highest BCUT2D eigenvalue weighted by atomic mass is 35.5. The molecule has 0 radical (unpaired) electrons. The second-order valence-corrected chi connectivity index (χ2v) is 7.72. The first-order chi connectivity index (χ1) is 11.2. The number of anilines is 1. The fourth-order valence-corrected chi connectivity index (χ4v) is 3.21. The summed E-state index contributed by atoms with van der Waals surface area (Å²) in [7, 11) is 0. The molecule has 1 aromatic rings. The van der Waals surface area contributed by atoms with Gasteiger partial charge in [-0.25, -0.2) is 4.79 Å². The van der Waals surface area contributed by atoms with E-state index < -0.39 is 23.3 Å². The van der Waals surface area contributed by atoms with Gasteiger partial charge in [0.2, 0.25) is 0 Å². The molecule has 0 unspecified atom stereocenters. The maximum Gasteiger partial charge on any atom is 0.415 e. The van der Waals surface area contributed by atoms with Gasteiger partial charge in [0.15, 0.2) is 0 Å². The lowest BCUT2D eigenvalue weighted by molar-refractivity contribution is -0.157. The summed E-state index contributed by atoms with van der Waals surface area (Å²) in [6.45, 7) is 6.27. The van der Waals surface area contributed by atoms with E-state index in [2.05, 4.69) is 5.32 Å². The highest BCUT2D eigenvalue weighted by Crippen LogP contribution is 2.35. The number of hydrogen-bond acceptors (Lipinski definition) is 5. The van der Waals surface area contributed by atoms with Crippen molar-refractivity contribution >= 4 is 29.4 Å². The summed E-state index contributed by atoms with van der Waals surface area (Å²) in [6.07, 6.45) is -0.0334. The van der Waals surface area contributed by atoms with Crippen LogP contribution in [0, 0.1) is 0 Å². The van der Waals surface area contributed by atoms with Gasteiger partial charge < -0.3 is 14.8 Å². The number of carbonyl (C=O) groups is 2. The largest absolute Gasteiger partial charge is 0.459 e. The van der Waals surface area contributed by atoms with E-state index in [0.29, 0.717) is 30.2 Å². The van der Waals surface area contributed by atoms with Gasteiger partial charge in [-0.2, -0.15) is 0 Å². The molecule has 2 saturated heterocycles. The predicted molar refractivity (Wildman–Crippen MR) is 90.3 cm³/mol. The first-order valence-corrected chi connectivity index (χ1v) is 8.28. The fourth-order valence-electron chi connectivity index (χ4n) is 3.03. The number of hydrogen-bond donors (Lipinski definition) is 1. The SMILES string of the molecule is CC(C)(C)OC(=O)[C@@H]1C[C@@]2(CN1)CN(c1cccc(Cl)c1)C(=O)O2. The molecular formula is C17H21ClN2O4. The number of amides is 1. The third-order valence-corrected chi connectivity index (χ3v) is 4.26. The Balaban J connectivity index is 1.70. The minimum absolute atomic E-state index is 0.323. The highest BCUT2D eigenvalue weighted by Gasteiger charge is 2.52. The molecule has 0 bridgehead atoms. The molecule has 1 spiro atoms. The molecule has 1 N–H and O–H groups in total. The van der Waals surface area contributed by atoms with E-state index in [4.69, 9.17) is 21.1 Å². The van der Waals surface area contributed by atoms with Crippen molar-refractivity contribution in [2.75, 3.05) is 18.0 Å². The van der Waals surface area contributed by atoms with Crippen LogP contribution in [0.3, 0.4) is 0 Å². The van der Waals surface area contributed by atoms with E-state index >= 15 is 0 Å². The third-order valence-electron chi connectivity index (χ3n) is 4.03. The van der Waals surface area contributed by atoms with Crippen molar-refractivity contribution in [3.05, 3.63) is 29.3 Å². The van der Waals surface area contributed by atoms with Gasteiger partial charge in [0.05, 0.1) is 6.54 Å². The maximum absolute atomic E-state index is 12.3. The highest BCUT2D eigenvalue weighted by molar-refractivity contribution is 6.30. The average molecular weight is 353 g/mol. The van der Waals surface area contributed by atoms with Gasteiger partial charge in [0, 0.05) is 23.7 Å². The van der Waals surface area contributed by atoms with E-state index in [1.54, 1.807) is 29.2 Å². The van der Waals surface area contributed by atoms with Crippen molar-refractivity contribution in [3.8, 4) is 0 Å². The number of carbonyl (C=O) groups excluding carboxylic acids is 2. The monoisotopic (exact) mass is 352 g/mol. The summed E-state index contributed by atoms with van der Waals surface area (Å²) in [5.41, 5.74) is -0.584. The second kappa shape index (κ2) is 5.93. The molecule has 2 aliphatic heterocycles. The van der Waals surface area contributed by atoms with Gasteiger partial charge in [-0.15, -0.1) is 0 Å². The average Bonchev–Trinajstić information content (AvgIpc) is 3.01. The molecule has 2 heterocycles. The number of rotatable bonds is 2. The van der Waals surface area contributed by atoms with Crippen molar-refractivity contribution in [1.82, 2.24) is 5.32 Å². The molecule has 0 aliphatic carbocycles. The molecule has 3 rings (SSSR count). The van der Waals surface area contributed by atoms with Crippen LogP contribution in [0.5, 0.6) is 0 Å². The molecule has 130 valence electrons. The van der Waals surface area contributed by atoms with Gasteiger partial charge >= 0.3 is 12.1 Å². The van der Waals surface area contributed by atoms with Crippen LogP contribution in [0.25, 0.3) is 0 Å². The molecule has 2 atom stereocenters. The lowest BCUT2D eigenvalue weighted by atomic mass is 10.00. The molecule has 1 amide bonds. The molecule has 24 heavy (non-hydrogen) atoms. The van der Waals surface area contributed by atoms with Crippen molar-refractivity contribution in [1.29, 1.82) is 0 Å². The first kappa shape index (κ1) is 17.0. The summed E-state index contributed by atoms with van der Waals surface area (Å²) in [5.74, 6) is -0.323. The summed E-state index contributed by atoms with van der Waals surface area (Å²) < 4.78 is 11.0. The van der Waals surface area contributed by atoms with E-state index in [-0.39, 0.29) is 5.97 Å². The molecule has 2 aliphatic rings. The zero-order valence-corrected chi connectivity index (χ0v) is 14.7. The Kier molecular flexibility index (Phi) is 4.21. The lowest BCUT2D eigenvalue weighted by Gasteiger charge is -2.23. The smallest absolute Gasteiger partial charge is 0.415 e. The van der Waals surface area contributed by atoms with Crippen LogP contribution >= 0.6 is 11.6 Å². The van der Waals surface area contributed by atoms with E-state index in [1.165, 1.54) is 0 Å². The molecule has 7 heteroatoms. The van der Waals surface area contributed by atoms with Crippen LogP contribution in [0.15, 0.2) is 24.3 Å². The fraction of sp³-hybridized carbons (Fsp3) is 0.529. The molecule has 6 nitrogen and oxygen atoms in total. The lowest BCUT2D eigenvalue weighted by Crippen LogP contribution is -2.37. The number of nitrogens with one attached hydrogen (secondary N) is 1. The van der Waals surface area contributed by atoms with Gasteiger partial charge in [-0.3, -0.25) is 9.69 Å². The summed E-state index contributed by atoms with van der Waals surface area (Å²) in [4.78, 5) is 26.0. The zero-order valence-electron chi connectivity index (χ0n) is 14.0. The third kappa shape index (κ3) is 3.49. The number of benzene rings is 1. The zero-order chi connectivity index (χ0) is 17.5. The molecule has 2 fully saturated rings. The number of ether oxygens (including phenoxy) is 2. The number of halogens is 1. The van der Waals surface area contributed by atoms with E-state index in [0.717, 1.165) is 0 Å². The number of esters is 1. The number of nitrogens with zero attached hydrogens (tertiary/aromatic N) is 1. The van der Waals surface area contributed by atoms with Crippen molar-refractivity contribution < 1.29 is 19.1 Å². The minimum atomic E-state index is -0.721. The predicted octanol–water partition coefficient (Wildman–Crippen LogP) is 2.74. The maximum atomic E-state index is 12.3. The Morgan fingerprint density at radius 3 is 2.88 bits per heavy atom. The molecule has 1 aromatic carbocycles. The van der Waals surface area contributed by atoms with E-state index in [1.807, 2.05) is 20.8 Å². The Morgan fingerprint density at radius 2 is 2.21 bits per heavy atom. The van der Waals surface area contributed by atoms with Gasteiger partial charge in [0.1, 0.15) is 17.2 Å². The Hall–Kier alpha value is -1.79. The van der Waals surface area contributed by atoms with Crippen LogP contribution < -0.4 is 10.2 Å². The standard InChI is InChI=1S/C17H21ClN2O4/c1-16(2,3)23-14(21)13-8-17(9-19-13)10-20(15(22)24-17)12-6-4-5-11(18)7-12/h4-7,13,19H,8-10H2,1-3H3/t13-,17+/m0/s1. The van der Waals surface area contributed by atoms with Crippen molar-refractivity contribution in [3.63, 3.8) is 0 Å². The molecule has 0 aromatic heterocycles. The van der Waals surface area contributed by atoms with Crippen LogP contribution in [0.1, 0.15) is 27.2 Å². The Labute approximate surface area is 146 Å². The van der Waals surface area contributed by atoms with E-state index in [9.17, 15) is 9.59 Å². The van der Waals surface area contributed by atoms with Crippen LogP contribution in [-0.2, 0) is 14.3 Å². The Bertz CT molecular complexity index is 673. The van der Waals surface area contributed by atoms with Crippen molar-refractivity contribution in [2.24, 2.45) is 0 Å². The van der Waals surface area contributed by atoms with Crippen LogP contribution in [0.2, 0.25) is 5.02 Å². The molecule has 0 saturated carbocycles. The first-order valence-electron chi connectivity index (χ1n) is 7.90. The Morgan fingerprint density at radius 1 is 1.46 bits per heavy atom. The van der Waals surface area contributed by atoms with Crippen LogP contribution in [0.4, 0.5) is 10.5 Å². The van der Waals surface area contributed by atoms with Gasteiger partial charge in [-0.1, -0.05) is 17.7 Å². The second-order valence-electron chi connectivity index (χ2n) is 7.29. The van der Waals surface area contributed by atoms with Gasteiger partial charge in [-0.05, 0) is 39.0 Å². The topological polar surface area (TPSA) is 67.9 Å². The van der Waals surface area contributed by atoms with Crippen LogP contribution in [-0.4, -0.2) is 42.4 Å². The van der Waals surface area contributed by atoms with Gasteiger partial charge in [0.25, 0.3) is 0 Å². The molecular weight excluding hydrogens is 332 g/mol. The summed E-state index contributed by atoms with van der Waals surface area (Å²) >= 11 is 6.00. The summed E-state index contributed by atoms with van der Waals surface area (Å²) in [5, 5.41) is 3.66. The minimum Gasteiger partial charge on any atom is -0.459 e. The summed E-state index contributed by atoms with van der Waals surface area (Å²) in [6, 6.07) is 6.58. The van der Waals surface area contributed by atoms with Crippen molar-refractivity contribution in [2.45, 2.75) is 44.4 Å². The quantitative estimate of drug-likeness (QED) is 0.829. The normalized spacial score (nSPS) is 26.8.